The maximum absolute atomic E-state index is 12.4. The largest absolute Gasteiger partial charge is 0.507 e. The van der Waals surface area contributed by atoms with E-state index in [1.165, 1.54) is 0 Å². The molecule has 7 nitrogen and oxygen atoms in total. The SMILES string of the molecule is Cc1ccc(NC(=O)c2cc3ccccc3cc2O)c(C)c1.O=P(O)(O)O. The molecular formula is C19H20NO6P. The third kappa shape index (κ3) is 6.20. The van der Waals surface area contributed by atoms with Gasteiger partial charge < -0.3 is 25.1 Å². The summed E-state index contributed by atoms with van der Waals surface area (Å²) < 4.78 is 8.88. The van der Waals surface area contributed by atoms with Crippen LogP contribution in [0, 0.1) is 13.8 Å². The second-order valence-electron chi connectivity index (χ2n) is 6.00. The van der Waals surface area contributed by atoms with Crippen LogP contribution in [0.15, 0.2) is 54.6 Å². The van der Waals surface area contributed by atoms with Crippen LogP contribution in [0.3, 0.4) is 0 Å². The summed E-state index contributed by atoms with van der Waals surface area (Å²) in [5, 5.41) is 14.8. The molecule has 0 atom stereocenters. The molecule has 27 heavy (non-hydrogen) atoms. The molecule has 0 fully saturated rings. The van der Waals surface area contributed by atoms with Crippen LogP contribution in [0.5, 0.6) is 5.75 Å². The molecule has 1 amide bonds. The van der Waals surface area contributed by atoms with E-state index >= 15 is 0 Å². The summed E-state index contributed by atoms with van der Waals surface area (Å²) in [5.74, 6) is -0.323. The third-order valence-corrected chi connectivity index (χ3v) is 3.74. The molecule has 0 radical (unpaired) electrons. The van der Waals surface area contributed by atoms with E-state index in [1.54, 1.807) is 12.1 Å². The Morgan fingerprint density at radius 2 is 1.48 bits per heavy atom. The second-order valence-corrected chi connectivity index (χ2v) is 7.03. The van der Waals surface area contributed by atoms with Crippen molar-refractivity contribution < 1.29 is 29.1 Å². The molecule has 3 aromatic rings. The van der Waals surface area contributed by atoms with Gasteiger partial charge in [-0.15, -0.1) is 0 Å². The fourth-order valence-electron chi connectivity index (χ4n) is 2.55. The first kappa shape index (κ1) is 20.6. The number of nitrogens with one attached hydrogen (secondary N) is 1. The molecule has 0 heterocycles. The van der Waals surface area contributed by atoms with Crippen LogP contribution in [0.1, 0.15) is 21.5 Å². The minimum Gasteiger partial charge on any atom is -0.507 e. The highest BCUT2D eigenvalue weighted by molar-refractivity contribution is 7.45. The van der Waals surface area contributed by atoms with Crippen molar-refractivity contribution in [3.8, 4) is 5.75 Å². The third-order valence-electron chi connectivity index (χ3n) is 3.74. The molecule has 0 unspecified atom stereocenters. The summed E-state index contributed by atoms with van der Waals surface area (Å²) in [5.41, 5.74) is 3.17. The maximum atomic E-state index is 12.4. The van der Waals surface area contributed by atoms with Crippen molar-refractivity contribution in [1.82, 2.24) is 0 Å². The lowest BCUT2D eigenvalue weighted by atomic mass is 10.0. The summed E-state index contributed by atoms with van der Waals surface area (Å²) in [6.07, 6.45) is 0. The van der Waals surface area contributed by atoms with Crippen molar-refractivity contribution in [2.75, 3.05) is 5.32 Å². The van der Waals surface area contributed by atoms with Gasteiger partial charge in [-0.2, -0.15) is 0 Å². The van der Waals surface area contributed by atoms with Gasteiger partial charge in [0.15, 0.2) is 0 Å². The number of amides is 1. The molecule has 3 rings (SSSR count). The first-order chi connectivity index (χ1) is 12.5. The van der Waals surface area contributed by atoms with E-state index in [2.05, 4.69) is 5.32 Å². The van der Waals surface area contributed by atoms with Crippen molar-refractivity contribution in [2.45, 2.75) is 13.8 Å². The quantitative estimate of drug-likeness (QED) is 0.427. The van der Waals surface area contributed by atoms with E-state index in [0.29, 0.717) is 0 Å². The van der Waals surface area contributed by atoms with Gasteiger partial charge in [0, 0.05) is 5.69 Å². The Kier molecular flexibility index (Phi) is 6.36. The van der Waals surface area contributed by atoms with Crippen LogP contribution in [0.25, 0.3) is 10.8 Å². The summed E-state index contributed by atoms with van der Waals surface area (Å²) in [4.78, 5) is 34.0. The molecule has 0 aliphatic heterocycles. The smallest absolute Gasteiger partial charge is 0.466 e. The highest BCUT2D eigenvalue weighted by atomic mass is 31.2. The van der Waals surface area contributed by atoms with Gasteiger partial charge in [-0.05, 0) is 48.4 Å². The fourth-order valence-corrected chi connectivity index (χ4v) is 2.55. The molecule has 0 spiro atoms. The number of phenolic OH excluding ortho intramolecular Hbond substituents is 1. The minimum absolute atomic E-state index is 0.0130. The Bertz CT molecular complexity index is 1020. The normalized spacial score (nSPS) is 10.9. The predicted octanol–water partition coefficient (Wildman–Crippen LogP) is 3.49. The van der Waals surface area contributed by atoms with Crippen molar-refractivity contribution in [3.05, 3.63) is 71.3 Å². The lowest BCUT2D eigenvalue weighted by Gasteiger charge is -2.11. The Labute approximate surface area is 156 Å². The highest BCUT2D eigenvalue weighted by Gasteiger charge is 2.13. The zero-order valence-corrected chi connectivity index (χ0v) is 15.6. The Hall–Kier alpha value is -2.70. The van der Waals surface area contributed by atoms with Crippen LogP contribution in [0.2, 0.25) is 0 Å². The maximum Gasteiger partial charge on any atom is 0.466 e. The number of anilines is 1. The van der Waals surface area contributed by atoms with E-state index < -0.39 is 7.82 Å². The Morgan fingerprint density at radius 3 is 2.04 bits per heavy atom. The molecule has 3 aromatic carbocycles. The van der Waals surface area contributed by atoms with Gasteiger partial charge in [-0.1, -0.05) is 42.0 Å². The van der Waals surface area contributed by atoms with Gasteiger partial charge in [0.2, 0.25) is 0 Å². The van der Waals surface area contributed by atoms with Crippen molar-refractivity contribution in [1.29, 1.82) is 0 Å². The predicted molar refractivity (Wildman–Crippen MR) is 104 cm³/mol. The molecule has 0 saturated carbocycles. The van der Waals surface area contributed by atoms with Crippen LogP contribution in [-0.2, 0) is 4.57 Å². The lowest BCUT2D eigenvalue weighted by Crippen LogP contribution is -2.13. The van der Waals surface area contributed by atoms with Crippen LogP contribution in [0.4, 0.5) is 5.69 Å². The Morgan fingerprint density at radius 1 is 0.926 bits per heavy atom. The summed E-state index contributed by atoms with van der Waals surface area (Å²) in [6, 6.07) is 16.8. The first-order valence-electron chi connectivity index (χ1n) is 7.93. The molecule has 0 aliphatic rings. The van der Waals surface area contributed by atoms with Gasteiger partial charge in [-0.25, -0.2) is 4.57 Å². The molecule has 0 aliphatic carbocycles. The zero-order valence-electron chi connectivity index (χ0n) is 14.7. The van der Waals surface area contributed by atoms with Crippen LogP contribution in [-0.4, -0.2) is 25.7 Å². The summed E-state index contributed by atoms with van der Waals surface area (Å²) in [6.45, 7) is 3.95. The van der Waals surface area contributed by atoms with E-state index in [-0.39, 0.29) is 17.2 Å². The molecule has 0 saturated heterocycles. The molecule has 142 valence electrons. The fraction of sp³-hybridized carbons (Fsp3) is 0.105. The zero-order chi connectivity index (χ0) is 20.2. The number of benzene rings is 3. The number of fused-ring (bicyclic) bond motifs is 1. The minimum atomic E-state index is -4.64. The van der Waals surface area contributed by atoms with E-state index in [9.17, 15) is 9.90 Å². The van der Waals surface area contributed by atoms with Gasteiger partial charge in [-0.3, -0.25) is 4.79 Å². The average molecular weight is 389 g/mol. The summed E-state index contributed by atoms with van der Waals surface area (Å²) >= 11 is 0. The standard InChI is InChI=1S/C19H17NO2.H3O4P/c1-12-7-8-17(13(2)9-12)20-19(22)16-10-14-5-3-4-6-15(14)11-18(16)21;1-5(2,3)4/h3-11,21H,1-2H3,(H,20,22);(H3,1,2,3,4). The number of aryl methyl sites for hydroxylation is 2. The summed E-state index contributed by atoms with van der Waals surface area (Å²) in [7, 11) is -4.64. The van der Waals surface area contributed by atoms with Crippen molar-refractivity contribution in [2.24, 2.45) is 0 Å². The van der Waals surface area contributed by atoms with E-state index in [0.717, 1.165) is 27.6 Å². The number of carbonyl (C=O) groups excluding carboxylic acids is 1. The topological polar surface area (TPSA) is 127 Å². The van der Waals surface area contributed by atoms with Gasteiger partial charge in [0.1, 0.15) is 5.75 Å². The van der Waals surface area contributed by atoms with Crippen molar-refractivity contribution in [3.63, 3.8) is 0 Å². The monoisotopic (exact) mass is 389 g/mol. The molecular weight excluding hydrogens is 369 g/mol. The van der Waals surface area contributed by atoms with Gasteiger partial charge in [0.25, 0.3) is 5.91 Å². The van der Waals surface area contributed by atoms with Gasteiger partial charge in [0.05, 0.1) is 5.56 Å². The molecule has 0 bridgehead atoms. The molecule has 0 aromatic heterocycles. The van der Waals surface area contributed by atoms with Crippen molar-refractivity contribution >= 4 is 30.2 Å². The number of carbonyl (C=O) groups is 1. The molecule has 5 N–H and O–H groups in total. The second kappa shape index (κ2) is 8.33. The number of aromatic hydroxyl groups is 1. The first-order valence-corrected chi connectivity index (χ1v) is 9.50. The van der Waals surface area contributed by atoms with E-state index in [1.807, 2.05) is 56.3 Å². The van der Waals surface area contributed by atoms with Crippen LogP contribution < -0.4 is 5.32 Å². The highest BCUT2D eigenvalue weighted by Crippen LogP contribution is 2.27. The van der Waals surface area contributed by atoms with Gasteiger partial charge >= 0.3 is 7.82 Å². The number of hydrogen-bond donors (Lipinski definition) is 5. The van der Waals surface area contributed by atoms with Crippen LogP contribution >= 0.6 is 7.82 Å². The number of hydrogen-bond acceptors (Lipinski definition) is 3. The molecule has 8 heteroatoms. The van der Waals surface area contributed by atoms with E-state index in [4.69, 9.17) is 19.2 Å². The number of rotatable bonds is 2. The Balaban J connectivity index is 0.000000465. The lowest BCUT2D eigenvalue weighted by molar-refractivity contribution is 0.102. The number of phenols is 1. The average Bonchev–Trinajstić information content (AvgIpc) is 2.55. The number of phosphoric acid groups is 1.